The molecule has 0 unspecified atom stereocenters. The fraction of sp³-hybridized carbons (Fsp3) is 0.316. The van der Waals surface area contributed by atoms with Crippen molar-refractivity contribution >= 4 is 33.4 Å². The highest BCUT2D eigenvalue weighted by Crippen LogP contribution is 2.27. The summed E-state index contributed by atoms with van der Waals surface area (Å²) in [5.41, 5.74) is 1.16. The van der Waals surface area contributed by atoms with Crippen LogP contribution in [-0.2, 0) is 14.8 Å². The zero-order valence-corrected chi connectivity index (χ0v) is 16.7. The van der Waals surface area contributed by atoms with Crippen LogP contribution in [0.1, 0.15) is 17.3 Å². The van der Waals surface area contributed by atoms with Gasteiger partial charge in [-0.1, -0.05) is 19.1 Å². The number of rotatable bonds is 6. The van der Waals surface area contributed by atoms with Gasteiger partial charge >= 0.3 is 0 Å². The molecule has 0 aliphatic carbocycles. The lowest BCUT2D eigenvalue weighted by molar-refractivity contribution is 0.0730. The molecule has 2 aromatic rings. The van der Waals surface area contributed by atoms with Crippen molar-refractivity contribution in [2.75, 3.05) is 37.4 Å². The van der Waals surface area contributed by atoms with Crippen LogP contribution in [0.15, 0.2) is 58.3 Å². The molecule has 1 aliphatic heterocycles. The molecule has 27 heavy (non-hydrogen) atoms. The maximum Gasteiger partial charge on any atom is 0.255 e. The van der Waals surface area contributed by atoms with E-state index >= 15 is 0 Å². The zero-order chi connectivity index (χ0) is 19.3. The molecule has 0 aromatic heterocycles. The van der Waals surface area contributed by atoms with E-state index < -0.39 is 10.0 Å². The summed E-state index contributed by atoms with van der Waals surface area (Å²) in [6.45, 7) is 3.54. The number of ether oxygens (including phenoxy) is 1. The third-order valence-electron chi connectivity index (χ3n) is 4.16. The first kappa shape index (κ1) is 19.9. The summed E-state index contributed by atoms with van der Waals surface area (Å²) in [5, 5.41) is 2.90. The topological polar surface area (TPSA) is 75.7 Å². The second kappa shape index (κ2) is 8.88. The molecule has 8 heteroatoms. The van der Waals surface area contributed by atoms with Gasteiger partial charge in [0.05, 0.1) is 23.8 Å². The lowest BCUT2D eigenvalue weighted by Gasteiger charge is -2.26. The van der Waals surface area contributed by atoms with Crippen molar-refractivity contribution in [3.63, 3.8) is 0 Å². The Labute approximate surface area is 164 Å². The predicted octanol–water partition coefficient (Wildman–Crippen LogP) is 3.07. The quantitative estimate of drug-likeness (QED) is 0.746. The van der Waals surface area contributed by atoms with Crippen molar-refractivity contribution in [2.24, 2.45) is 0 Å². The van der Waals surface area contributed by atoms with E-state index in [2.05, 4.69) is 12.2 Å². The van der Waals surface area contributed by atoms with E-state index in [4.69, 9.17) is 4.74 Å². The molecule has 144 valence electrons. The maximum absolute atomic E-state index is 12.6. The zero-order valence-electron chi connectivity index (χ0n) is 15.1. The molecule has 0 bridgehead atoms. The fourth-order valence-electron chi connectivity index (χ4n) is 2.76. The van der Waals surface area contributed by atoms with Crippen LogP contribution in [0.3, 0.4) is 0 Å². The van der Waals surface area contributed by atoms with E-state index in [0.29, 0.717) is 31.9 Å². The molecule has 2 aromatic carbocycles. The molecule has 0 saturated carbocycles. The summed E-state index contributed by atoms with van der Waals surface area (Å²) in [7, 11) is -3.56. The van der Waals surface area contributed by atoms with Crippen LogP contribution in [0.4, 0.5) is 5.69 Å². The maximum atomic E-state index is 12.6. The SMILES string of the molecule is CCSc1ccccc1NC(=O)c1ccc(S(=O)(=O)N2CCOCC2)cc1. The smallest absolute Gasteiger partial charge is 0.255 e. The number of hydrogen-bond donors (Lipinski definition) is 1. The van der Waals surface area contributed by atoms with Gasteiger partial charge in [-0.3, -0.25) is 4.79 Å². The minimum Gasteiger partial charge on any atom is -0.379 e. The van der Waals surface area contributed by atoms with Crippen molar-refractivity contribution < 1.29 is 17.9 Å². The number of morpholine rings is 1. The Morgan fingerprint density at radius 3 is 2.44 bits per heavy atom. The highest BCUT2D eigenvalue weighted by Gasteiger charge is 2.26. The largest absolute Gasteiger partial charge is 0.379 e. The average molecular weight is 407 g/mol. The summed E-state index contributed by atoms with van der Waals surface area (Å²) >= 11 is 1.65. The number of nitrogens with zero attached hydrogens (tertiary/aromatic N) is 1. The Bertz CT molecular complexity index is 892. The predicted molar refractivity (Wildman–Crippen MR) is 107 cm³/mol. The number of carbonyl (C=O) groups excluding carboxylic acids is 1. The normalized spacial score (nSPS) is 15.4. The summed E-state index contributed by atoms with van der Waals surface area (Å²) < 4.78 is 31.9. The molecule has 6 nitrogen and oxygen atoms in total. The van der Waals surface area contributed by atoms with Crippen LogP contribution in [0.25, 0.3) is 0 Å². The summed E-state index contributed by atoms with van der Waals surface area (Å²) in [4.78, 5) is 13.7. The average Bonchev–Trinajstić information content (AvgIpc) is 2.70. The van der Waals surface area contributed by atoms with Crippen LogP contribution in [0, 0.1) is 0 Å². The molecule has 0 radical (unpaired) electrons. The Morgan fingerprint density at radius 2 is 1.78 bits per heavy atom. The molecule has 1 N–H and O–H groups in total. The van der Waals surface area contributed by atoms with Crippen molar-refractivity contribution in [2.45, 2.75) is 16.7 Å². The minimum absolute atomic E-state index is 0.183. The highest BCUT2D eigenvalue weighted by atomic mass is 32.2. The van der Waals surface area contributed by atoms with Crippen LogP contribution in [-0.4, -0.2) is 50.7 Å². The molecular weight excluding hydrogens is 384 g/mol. The summed E-state index contributed by atoms with van der Waals surface area (Å²) in [6, 6.07) is 13.6. The second-order valence-electron chi connectivity index (χ2n) is 5.92. The van der Waals surface area contributed by atoms with E-state index in [9.17, 15) is 13.2 Å². The number of carbonyl (C=O) groups is 1. The van der Waals surface area contributed by atoms with Crippen LogP contribution in [0.2, 0.25) is 0 Å². The first-order chi connectivity index (χ1) is 13.0. The standard InChI is InChI=1S/C19H22N2O4S2/c1-2-26-18-6-4-3-5-17(18)20-19(22)15-7-9-16(10-8-15)27(23,24)21-11-13-25-14-12-21/h3-10H,2,11-14H2,1H3,(H,20,22). The van der Waals surface area contributed by atoms with Gasteiger partial charge in [-0.2, -0.15) is 4.31 Å². The van der Waals surface area contributed by atoms with Crippen LogP contribution >= 0.6 is 11.8 Å². The number of nitrogens with one attached hydrogen (secondary N) is 1. The van der Waals surface area contributed by atoms with Crippen LogP contribution in [0.5, 0.6) is 0 Å². The number of sulfonamides is 1. The van der Waals surface area contributed by atoms with E-state index in [1.165, 1.54) is 28.6 Å². The molecule has 1 saturated heterocycles. The molecule has 0 spiro atoms. The van der Waals surface area contributed by atoms with Gasteiger partial charge in [0.25, 0.3) is 5.91 Å². The fourth-order valence-corrected chi connectivity index (χ4v) is 4.93. The van der Waals surface area contributed by atoms with Gasteiger partial charge < -0.3 is 10.1 Å². The van der Waals surface area contributed by atoms with Gasteiger partial charge in [0.2, 0.25) is 10.0 Å². The van der Waals surface area contributed by atoms with Gasteiger partial charge in [-0.05, 0) is 42.2 Å². The third kappa shape index (κ3) is 4.70. The van der Waals surface area contributed by atoms with E-state index in [-0.39, 0.29) is 10.8 Å². The number of para-hydroxylation sites is 1. The first-order valence-electron chi connectivity index (χ1n) is 8.73. The van der Waals surface area contributed by atoms with E-state index in [1.54, 1.807) is 11.8 Å². The number of hydrogen-bond acceptors (Lipinski definition) is 5. The van der Waals surface area contributed by atoms with E-state index in [0.717, 1.165) is 16.3 Å². The first-order valence-corrected chi connectivity index (χ1v) is 11.2. The molecule has 1 amide bonds. The van der Waals surface area contributed by atoms with Crippen molar-refractivity contribution in [3.8, 4) is 0 Å². The highest BCUT2D eigenvalue weighted by molar-refractivity contribution is 7.99. The molecule has 0 atom stereocenters. The third-order valence-corrected chi connectivity index (χ3v) is 7.03. The van der Waals surface area contributed by atoms with Crippen molar-refractivity contribution in [3.05, 3.63) is 54.1 Å². The van der Waals surface area contributed by atoms with Gasteiger partial charge in [-0.15, -0.1) is 11.8 Å². The van der Waals surface area contributed by atoms with Crippen molar-refractivity contribution in [1.82, 2.24) is 4.31 Å². The Morgan fingerprint density at radius 1 is 1.11 bits per heavy atom. The number of thioether (sulfide) groups is 1. The Kier molecular flexibility index (Phi) is 6.54. The monoisotopic (exact) mass is 406 g/mol. The molecule has 1 heterocycles. The van der Waals surface area contributed by atoms with E-state index in [1.807, 2.05) is 24.3 Å². The molecule has 1 aliphatic rings. The van der Waals surface area contributed by atoms with Gasteiger partial charge in [0.15, 0.2) is 0 Å². The van der Waals surface area contributed by atoms with Gasteiger partial charge in [0, 0.05) is 23.5 Å². The molecule has 1 fully saturated rings. The number of anilines is 1. The Balaban J connectivity index is 1.74. The summed E-state index contributed by atoms with van der Waals surface area (Å²) in [5.74, 6) is 0.635. The lowest BCUT2D eigenvalue weighted by atomic mass is 10.2. The second-order valence-corrected chi connectivity index (χ2v) is 9.17. The van der Waals surface area contributed by atoms with Crippen LogP contribution < -0.4 is 5.32 Å². The minimum atomic E-state index is -3.56. The number of amides is 1. The molecular formula is C19H22N2O4S2. The van der Waals surface area contributed by atoms with Gasteiger partial charge in [0.1, 0.15) is 0 Å². The molecule has 3 rings (SSSR count). The Hall–Kier alpha value is -1.87. The summed E-state index contributed by atoms with van der Waals surface area (Å²) in [6.07, 6.45) is 0. The number of benzene rings is 2. The van der Waals surface area contributed by atoms with Crippen molar-refractivity contribution in [1.29, 1.82) is 0 Å². The lowest BCUT2D eigenvalue weighted by Crippen LogP contribution is -2.40. The van der Waals surface area contributed by atoms with Gasteiger partial charge in [-0.25, -0.2) is 8.42 Å².